The van der Waals surface area contributed by atoms with Crippen LogP contribution in [-0.4, -0.2) is 21.7 Å². The molecule has 0 aliphatic rings. The Kier molecular flexibility index (Phi) is 5.16. The Bertz CT molecular complexity index is 1150. The lowest BCUT2D eigenvalue weighted by molar-refractivity contribution is -0.121. The van der Waals surface area contributed by atoms with Gasteiger partial charge in [0.2, 0.25) is 5.82 Å². The third-order valence-electron chi connectivity index (χ3n) is 3.67. The van der Waals surface area contributed by atoms with Crippen molar-refractivity contribution in [3.05, 3.63) is 75.6 Å². The molecule has 2 aromatic carbocycles. The van der Waals surface area contributed by atoms with Crippen molar-refractivity contribution < 1.29 is 26.7 Å². The van der Waals surface area contributed by atoms with Gasteiger partial charge in [-0.05, 0) is 12.1 Å². The average molecular weight is 396 g/mol. The van der Waals surface area contributed by atoms with Crippen LogP contribution < -0.4 is 11.0 Å². The van der Waals surface area contributed by atoms with Crippen molar-refractivity contribution in [3.8, 4) is 0 Å². The molecule has 1 heterocycles. The number of carbonyl (C=O) groups excluding carboxylic acids is 1. The van der Waals surface area contributed by atoms with E-state index < -0.39 is 52.7 Å². The van der Waals surface area contributed by atoms with Crippen molar-refractivity contribution in [1.29, 1.82) is 0 Å². The van der Waals surface area contributed by atoms with Gasteiger partial charge in [-0.25, -0.2) is 32.4 Å². The maximum atomic E-state index is 13.5. The predicted molar refractivity (Wildman–Crippen MR) is 88.0 cm³/mol. The van der Waals surface area contributed by atoms with Gasteiger partial charge in [-0.2, -0.15) is 5.10 Å². The SMILES string of the molecule is O=C(Cn1cnc2ccccc2c1=O)N/N=C/c1c(F)c(F)c(F)c(F)c1F. The molecule has 0 aliphatic carbocycles. The summed E-state index contributed by atoms with van der Waals surface area (Å²) in [4.78, 5) is 28.1. The molecule has 0 spiro atoms. The molecule has 28 heavy (non-hydrogen) atoms. The van der Waals surface area contributed by atoms with Crippen LogP contribution in [0, 0.1) is 29.1 Å². The smallest absolute Gasteiger partial charge is 0.261 e. The van der Waals surface area contributed by atoms with E-state index in [-0.39, 0.29) is 11.6 Å². The standard InChI is InChI=1S/C17H9F5N4O2/c18-12-9(13(19)15(21)16(22)14(12)20)5-24-25-11(27)6-26-7-23-10-4-2-1-3-8(10)17(26)28/h1-5,7H,6H2,(H,25,27)/b24-5+. The zero-order valence-electron chi connectivity index (χ0n) is 13.7. The summed E-state index contributed by atoms with van der Waals surface area (Å²) in [6.45, 7) is -0.537. The molecule has 11 heteroatoms. The normalized spacial score (nSPS) is 11.3. The summed E-state index contributed by atoms with van der Waals surface area (Å²) in [5.74, 6) is -11.7. The second-order valence-corrected chi connectivity index (χ2v) is 5.47. The Morgan fingerprint density at radius 2 is 1.64 bits per heavy atom. The second-order valence-electron chi connectivity index (χ2n) is 5.47. The summed E-state index contributed by atoms with van der Waals surface area (Å²) in [6, 6.07) is 6.42. The molecule has 0 saturated heterocycles. The molecule has 0 radical (unpaired) electrons. The second kappa shape index (κ2) is 7.55. The lowest BCUT2D eigenvalue weighted by atomic mass is 10.2. The number of rotatable bonds is 4. The number of benzene rings is 2. The molecule has 0 unspecified atom stereocenters. The molecule has 1 N–H and O–H groups in total. The lowest BCUT2D eigenvalue weighted by Crippen LogP contribution is -2.30. The number of carbonyl (C=O) groups is 1. The quantitative estimate of drug-likeness (QED) is 0.242. The highest BCUT2D eigenvalue weighted by Gasteiger charge is 2.24. The van der Waals surface area contributed by atoms with Gasteiger partial charge in [0.15, 0.2) is 23.3 Å². The van der Waals surface area contributed by atoms with E-state index >= 15 is 0 Å². The van der Waals surface area contributed by atoms with E-state index in [4.69, 9.17) is 0 Å². The zero-order chi connectivity index (χ0) is 20.4. The highest BCUT2D eigenvalue weighted by atomic mass is 19.2. The maximum absolute atomic E-state index is 13.5. The number of fused-ring (bicyclic) bond motifs is 1. The Labute approximate surface area is 152 Å². The number of para-hydroxylation sites is 1. The number of hydrogen-bond donors (Lipinski definition) is 1. The molecule has 0 fully saturated rings. The molecule has 6 nitrogen and oxygen atoms in total. The van der Waals surface area contributed by atoms with Gasteiger partial charge in [0.05, 0.1) is 29.0 Å². The van der Waals surface area contributed by atoms with Gasteiger partial charge >= 0.3 is 0 Å². The molecular formula is C17H9F5N4O2. The van der Waals surface area contributed by atoms with Gasteiger partial charge in [-0.3, -0.25) is 14.2 Å². The maximum Gasteiger partial charge on any atom is 0.261 e. The zero-order valence-corrected chi connectivity index (χ0v) is 13.7. The van der Waals surface area contributed by atoms with Gasteiger partial charge in [-0.15, -0.1) is 0 Å². The minimum absolute atomic E-state index is 0.266. The van der Waals surface area contributed by atoms with Crippen LogP contribution in [0.1, 0.15) is 5.56 Å². The molecule has 1 amide bonds. The molecule has 0 atom stereocenters. The van der Waals surface area contributed by atoms with Crippen molar-refractivity contribution in [3.63, 3.8) is 0 Å². The van der Waals surface area contributed by atoms with Crippen LogP contribution in [0.25, 0.3) is 10.9 Å². The Hall–Kier alpha value is -3.63. The predicted octanol–water partition coefficient (Wildman–Crippen LogP) is 2.24. The third-order valence-corrected chi connectivity index (χ3v) is 3.67. The van der Waals surface area contributed by atoms with Gasteiger partial charge in [0.25, 0.3) is 11.5 Å². The van der Waals surface area contributed by atoms with E-state index in [9.17, 15) is 31.5 Å². The van der Waals surface area contributed by atoms with Crippen LogP contribution in [0.5, 0.6) is 0 Å². The summed E-state index contributed by atoms with van der Waals surface area (Å²) in [6.07, 6.45) is 1.40. The highest BCUT2D eigenvalue weighted by Crippen LogP contribution is 2.21. The minimum atomic E-state index is -2.31. The first-order valence-electron chi connectivity index (χ1n) is 7.58. The van der Waals surface area contributed by atoms with Crippen LogP contribution in [0.3, 0.4) is 0 Å². The summed E-state index contributed by atoms with van der Waals surface area (Å²) >= 11 is 0. The number of halogens is 5. The Morgan fingerprint density at radius 3 is 2.32 bits per heavy atom. The molecule has 0 aliphatic heterocycles. The number of hydrogen-bond acceptors (Lipinski definition) is 4. The van der Waals surface area contributed by atoms with Crippen LogP contribution in [0.4, 0.5) is 22.0 Å². The number of aromatic nitrogens is 2. The molecule has 3 rings (SSSR count). The first-order valence-corrected chi connectivity index (χ1v) is 7.58. The summed E-state index contributed by atoms with van der Waals surface area (Å²) < 4.78 is 67.1. The summed E-state index contributed by atoms with van der Waals surface area (Å²) in [7, 11) is 0. The first-order chi connectivity index (χ1) is 13.3. The molecular weight excluding hydrogens is 387 g/mol. The third kappa shape index (κ3) is 3.46. The lowest BCUT2D eigenvalue weighted by Gasteiger charge is -2.06. The van der Waals surface area contributed by atoms with Crippen molar-refractivity contribution in [2.24, 2.45) is 5.10 Å². The number of nitrogens with zero attached hydrogens (tertiary/aromatic N) is 3. The van der Waals surface area contributed by atoms with E-state index in [1.807, 2.05) is 5.43 Å². The minimum Gasteiger partial charge on any atom is -0.289 e. The fraction of sp³-hybridized carbons (Fsp3) is 0.0588. The van der Waals surface area contributed by atoms with Gasteiger partial charge < -0.3 is 0 Å². The van der Waals surface area contributed by atoms with E-state index in [0.29, 0.717) is 5.52 Å². The van der Waals surface area contributed by atoms with Crippen molar-refractivity contribution >= 4 is 23.0 Å². The van der Waals surface area contributed by atoms with Crippen molar-refractivity contribution in [2.45, 2.75) is 6.54 Å². The van der Waals surface area contributed by atoms with E-state index in [1.54, 1.807) is 18.2 Å². The number of hydrazone groups is 1. The summed E-state index contributed by atoms with van der Waals surface area (Å²) in [5.41, 5.74) is 0.430. The molecule has 0 saturated carbocycles. The molecule has 0 bridgehead atoms. The van der Waals surface area contributed by atoms with Gasteiger partial charge in [-0.1, -0.05) is 12.1 Å². The van der Waals surface area contributed by atoms with Crippen LogP contribution in [-0.2, 0) is 11.3 Å². The van der Waals surface area contributed by atoms with Gasteiger partial charge in [0, 0.05) is 0 Å². The van der Waals surface area contributed by atoms with Crippen LogP contribution >= 0.6 is 0 Å². The Balaban J connectivity index is 1.77. The van der Waals surface area contributed by atoms with Crippen molar-refractivity contribution in [2.75, 3.05) is 0 Å². The monoisotopic (exact) mass is 396 g/mol. The van der Waals surface area contributed by atoms with E-state index in [1.165, 1.54) is 6.07 Å². The topological polar surface area (TPSA) is 76.3 Å². The van der Waals surface area contributed by atoms with E-state index in [0.717, 1.165) is 10.9 Å². The number of nitrogens with one attached hydrogen (secondary N) is 1. The molecule has 1 aromatic heterocycles. The highest BCUT2D eigenvalue weighted by molar-refractivity contribution is 5.83. The summed E-state index contributed by atoms with van der Waals surface area (Å²) in [5, 5.41) is 3.43. The number of amides is 1. The largest absolute Gasteiger partial charge is 0.289 e. The average Bonchev–Trinajstić information content (AvgIpc) is 2.70. The van der Waals surface area contributed by atoms with Crippen LogP contribution in [0.15, 0.2) is 40.5 Å². The Morgan fingerprint density at radius 1 is 1.04 bits per heavy atom. The van der Waals surface area contributed by atoms with E-state index in [2.05, 4.69) is 10.1 Å². The van der Waals surface area contributed by atoms with Crippen molar-refractivity contribution in [1.82, 2.24) is 15.0 Å². The van der Waals surface area contributed by atoms with Gasteiger partial charge in [0.1, 0.15) is 6.54 Å². The van der Waals surface area contributed by atoms with Crippen LogP contribution in [0.2, 0.25) is 0 Å². The molecule has 3 aromatic rings. The first kappa shape index (κ1) is 19.1. The fourth-order valence-corrected chi connectivity index (χ4v) is 2.31. The molecule has 144 valence electrons. The fourth-order valence-electron chi connectivity index (χ4n) is 2.31.